The Kier molecular flexibility index (Phi) is 2.82. The van der Waals surface area contributed by atoms with Gasteiger partial charge in [-0.05, 0) is 32.0 Å². The number of aromatic nitrogens is 2. The van der Waals surface area contributed by atoms with Gasteiger partial charge in [0.15, 0.2) is 0 Å². The van der Waals surface area contributed by atoms with E-state index in [1.165, 1.54) is 10.7 Å². The lowest BCUT2D eigenvalue weighted by Gasteiger charge is -2.01. The van der Waals surface area contributed by atoms with E-state index in [2.05, 4.69) is 5.10 Å². The van der Waals surface area contributed by atoms with Crippen LogP contribution in [0.3, 0.4) is 0 Å². The summed E-state index contributed by atoms with van der Waals surface area (Å²) >= 11 is 0. The van der Waals surface area contributed by atoms with Gasteiger partial charge in [-0.25, -0.2) is 9.07 Å². The van der Waals surface area contributed by atoms with E-state index in [1.807, 2.05) is 19.9 Å². The number of nitrogens with two attached hydrogens (primary N) is 1. The maximum Gasteiger partial charge on any atom is 0.148 e. The van der Waals surface area contributed by atoms with Gasteiger partial charge in [0, 0.05) is 5.56 Å². The van der Waals surface area contributed by atoms with Crippen molar-refractivity contribution in [3.63, 3.8) is 0 Å². The molecule has 0 bridgehead atoms. The molecule has 3 rings (SSSR count). The number of nitrogens with zero attached hydrogens (tertiary/aromatic N) is 2. The van der Waals surface area contributed by atoms with Crippen molar-refractivity contribution in [2.75, 3.05) is 5.73 Å². The number of anilines is 1. The number of nitrogen functional groups attached to an aromatic ring is 1. The summed E-state index contributed by atoms with van der Waals surface area (Å²) in [6.45, 7) is 3.71. The standard InChI is InChI=1S/C15H14FN3O/c1-9-7-11(10(2)20-9)15-13(17)8-19(18-15)14-6-4-3-5-12(14)16/h3-8H,17H2,1-2H3. The molecular weight excluding hydrogens is 257 g/mol. The molecule has 0 saturated carbocycles. The van der Waals surface area contributed by atoms with Crippen LogP contribution in [0.5, 0.6) is 0 Å². The first-order chi connectivity index (χ1) is 9.56. The second-order valence-corrected chi connectivity index (χ2v) is 4.66. The van der Waals surface area contributed by atoms with Crippen LogP contribution in [0, 0.1) is 19.7 Å². The zero-order valence-electron chi connectivity index (χ0n) is 11.2. The smallest absolute Gasteiger partial charge is 0.148 e. The molecule has 0 saturated heterocycles. The maximum atomic E-state index is 13.8. The average molecular weight is 271 g/mol. The molecule has 0 aliphatic heterocycles. The molecule has 0 unspecified atom stereocenters. The highest BCUT2D eigenvalue weighted by Gasteiger charge is 2.16. The number of aryl methyl sites for hydroxylation is 2. The lowest BCUT2D eigenvalue weighted by atomic mass is 10.1. The SMILES string of the molecule is Cc1cc(-c2nn(-c3ccccc3F)cc2N)c(C)o1. The number of halogens is 1. The van der Waals surface area contributed by atoms with Gasteiger partial charge >= 0.3 is 0 Å². The minimum absolute atomic E-state index is 0.346. The highest BCUT2D eigenvalue weighted by molar-refractivity contribution is 5.74. The van der Waals surface area contributed by atoms with Crippen molar-refractivity contribution in [3.05, 3.63) is 53.9 Å². The van der Waals surface area contributed by atoms with Gasteiger partial charge in [-0.1, -0.05) is 12.1 Å². The molecule has 3 aromatic rings. The number of rotatable bonds is 2. The Hall–Kier alpha value is -2.56. The molecule has 5 heteroatoms. The Morgan fingerprint density at radius 3 is 2.65 bits per heavy atom. The minimum atomic E-state index is -0.346. The summed E-state index contributed by atoms with van der Waals surface area (Å²) in [5, 5.41) is 4.38. The maximum absolute atomic E-state index is 13.8. The molecule has 2 heterocycles. The third kappa shape index (κ3) is 1.97. The van der Waals surface area contributed by atoms with Crippen LogP contribution in [0.4, 0.5) is 10.1 Å². The van der Waals surface area contributed by atoms with E-state index in [0.29, 0.717) is 17.1 Å². The molecule has 1 aromatic carbocycles. The van der Waals surface area contributed by atoms with Crippen LogP contribution >= 0.6 is 0 Å². The largest absolute Gasteiger partial charge is 0.466 e. The van der Waals surface area contributed by atoms with Crippen LogP contribution in [-0.4, -0.2) is 9.78 Å². The molecule has 2 aromatic heterocycles. The number of para-hydroxylation sites is 1. The van der Waals surface area contributed by atoms with E-state index >= 15 is 0 Å². The van der Waals surface area contributed by atoms with Crippen molar-refractivity contribution >= 4 is 5.69 Å². The number of hydrogen-bond acceptors (Lipinski definition) is 3. The van der Waals surface area contributed by atoms with Crippen molar-refractivity contribution in [1.29, 1.82) is 0 Å². The predicted octanol–water partition coefficient (Wildman–Crippen LogP) is 3.47. The first kappa shape index (κ1) is 12.5. The summed E-state index contributed by atoms with van der Waals surface area (Å²) in [5.74, 6) is 1.19. The molecule has 0 spiro atoms. The van der Waals surface area contributed by atoms with Gasteiger partial charge in [0.05, 0.1) is 11.9 Å². The first-order valence-corrected chi connectivity index (χ1v) is 6.23. The summed E-state index contributed by atoms with van der Waals surface area (Å²) in [7, 11) is 0. The topological polar surface area (TPSA) is 57.0 Å². The fourth-order valence-corrected chi connectivity index (χ4v) is 2.22. The van der Waals surface area contributed by atoms with Crippen LogP contribution in [0.25, 0.3) is 16.9 Å². The van der Waals surface area contributed by atoms with Crippen LogP contribution < -0.4 is 5.73 Å². The van der Waals surface area contributed by atoms with Crippen molar-refractivity contribution in [1.82, 2.24) is 9.78 Å². The Labute approximate surface area is 115 Å². The number of hydrogen-bond donors (Lipinski definition) is 1. The monoisotopic (exact) mass is 271 g/mol. The molecule has 4 nitrogen and oxygen atoms in total. The molecule has 0 atom stereocenters. The van der Waals surface area contributed by atoms with Crippen molar-refractivity contribution in [3.8, 4) is 16.9 Å². The van der Waals surface area contributed by atoms with Crippen LogP contribution in [0.15, 0.2) is 40.9 Å². The summed E-state index contributed by atoms with van der Waals surface area (Å²) in [5.41, 5.74) is 8.27. The second-order valence-electron chi connectivity index (χ2n) is 4.66. The second kappa shape index (κ2) is 4.52. The first-order valence-electron chi connectivity index (χ1n) is 6.23. The Morgan fingerprint density at radius 1 is 1.25 bits per heavy atom. The van der Waals surface area contributed by atoms with Crippen molar-refractivity contribution in [2.24, 2.45) is 0 Å². The van der Waals surface area contributed by atoms with Crippen LogP contribution in [0.1, 0.15) is 11.5 Å². The molecule has 0 aliphatic carbocycles. The molecule has 0 radical (unpaired) electrons. The van der Waals surface area contributed by atoms with Gasteiger partial charge in [-0.15, -0.1) is 0 Å². The summed E-state index contributed by atoms with van der Waals surface area (Å²) in [6, 6.07) is 8.30. The Morgan fingerprint density at radius 2 is 2.00 bits per heavy atom. The predicted molar refractivity (Wildman–Crippen MR) is 75.1 cm³/mol. The third-order valence-electron chi connectivity index (χ3n) is 3.14. The average Bonchev–Trinajstić information content (AvgIpc) is 2.92. The van der Waals surface area contributed by atoms with E-state index in [0.717, 1.165) is 17.1 Å². The van der Waals surface area contributed by atoms with Gasteiger partial charge in [-0.3, -0.25) is 0 Å². The fraction of sp³-hybridized carbons (Fsp3) is 0.133. The summed E-state index contributed by atoms with van der Waals surface area (Å²) in [6.07, 6.45) is 1.61. The van der Waals surface area contributed by atoms with Crippen molar-refractivity contribution < 1.29 is 8.81 Å². The van der Waals surface area contributed by atoms with Gasteiger partial charge in [0.25, 0.3) is 0 Å². The lowest BCUT2D eigenvalue weighted by molar-refractivity contribution is 0.505. The summed E-state index contributed by atoms with van der Waals surface area (Å²) < 4.78 is 20.7. The van der Waals surface area contributed by atoms with Gasteiger partial charge in [0.2, 0.25) is 0 Å². The van der Waals surface area contributed by atoms with Crippen LogP contribution in [0.2, 0.25) is 0 Å². The van der Waals surface area contributed by atoms with E-state index in [-0.39, 0.29) is 5.82 Å². The molecule has 0 fully saturated rings. The van der Waals surface area contributed by atoms with Crippen LogP contribution in [-0.2, 0) is 0 Å². The molecular formula is C15H14FN3O. The number of benzene rings is 1. The van der Waals surface area contributed by atoms with Gasteiger partial charge < -0.3 is 10.2 Å². The van der Waals surface area contributed by atoms with E-state index in [4.69, 9.17) is 10.2 Å². The molecule has 0 amide bonds. The highest BCUT2D eigenvalue weighted by Crippen LogP contribution is 2.30. The Balaban J connectivity index is 2.13. The third-order valence-corrected chi connectivity index (χ3v) is 3.14. The van der Waals surface area contributed by atoms with Gasteiger partial charge in [-0.2, -0.15) is 5.10 Å². The van der Waals surface area contributed by atoms with Crippen molar-refractivity contribution in [2.45, 2.75) is 13.8 Å². The molecule has 2 N–H and O–H groups in total. The van der Waals surface area contributed by atoms with E-state index < -0.39 is 0 Å². The fourth-order valence-electron chi connectivity index (χ4n) is 2.22. The normalized spacial score (nSPS) is 10.9. The number of furan rings is 1. The van der Waals surface area contributed by atoms with E-state index in [1.54, 1.807) is 24.4 Å². The zero-order chi connectivity index (χ0) is 14.3. The lowest BCUT2D eigenvalue weighted by Crippen LogP contribution is -1.98. The zero-order valence-corrected chi connectivity index (χ0v) is 11.2. The van der Waals surface area contributed by atoms with Gasteiger partial charge in [0.1, 0.15) is 28.7 Å². The minimum Gasteiger partial charge on any atom is -0.466 e. The molecule has 0 aliphatic rings. The molecule has 20 heavy (non-hydrogen) atoms. The highest BCUT2D eigenvalue weighted by atomic mass is 19.1. The Bertz CT molecular complexity index is 773. The molecule has 102 valence electrons. The summed E-state index contributed by atoms with van der Waals surface area (Å²) in [4.78, 5) is 0. The van der Waals surface area contributed by atoms with E-state index in [9.17, 15) is 4.39 Å². The quantitative estimate of drug-likeness (QED) is 0.776.